The Hall–Kier alpha value is -1.12. The van der Waals surface area contributed by atoms with E-state index < -0.39 is 0 Å². The number of likely N-dealkylation sites (N-methyl/N-ethyl adjacent to an activating group) is 1. The van der Waals surface area contributed by atoms with E-state index in [0.717, 1.165) is 12.0 Å². The highest BCUT2D eigenvalue weighted by atomic mass is 16.2. The summed E-state index contributed by atoms with van der Waals surface area (Å²) in [7, 11) is 1.65. The largest absolute Gasteiger partial charge is 0.269 e. The third kappa shape index (κ3) is 1.23. The first kappa shape index (κ1) is 6.99. The summed E-state index contributed by atoms with van der Waals surface area (Å²) in [5, 5.41) is 5.21. The molecule has 3 heteroatoms. The van der Waals surface area contributed by atoms with Crippen LogP contribution in [0.4, 0.5) is 0 Å². The molecule has 0 unspecified atom stereocenters. The molecule has 54 valence electrons. The van der Waals surface area contributed by atoms with Crippen molar-refractivity contribution in [2.75, 3.05) is 7.05 Å². The standard InChI is InChI=1S/C7H10N2O/c1-6-4-3-5-8-9(2)7(6)10/h4-5H,3H2,1-2H3. The maximum Gasteiger partial charge on any atom is 0.269 e. The second-order valence-electron chi connectivity index (χ2n) is 2.25. The number of rotatable bonds is 0. The van der Waals surface area contributed by atoms with Crippen LogP contribution in [0.5, 0.6) is 0 Å². The first-order valence-corrected chi connectivity index (χ1v) is 3.19. The average molecular weight is 138 g/mol. The molecule has 0 aliphatic carbocycles. The van der Waals surface area contributed by atoms with E-state index in [2.05, 4.69) is 5.10 Å². The fourth-order valence-electron chi connectivity index (χ4n) is 0.794. The first-order chi connectivity index (χ1) is 4.72. The van der Waals surface area contributed by atoms with Crippen LogP contribution in [0.3, 0.4) is 0 Å². The highest BCUT2D eigenvalue weighted by Crippen LogP contribution is 2.03. The van der Waals surface area contributed by atoms with Crippen molar-refractivity contribution in [3.05, 3.63) is 11.6 Å². The number of carbonyl (C=O) groups excluding carboxylic acids is 1. The van der Waals surface area contributed by atoms with Gasteiger partial charge in [-0.2, -0.15) is 5.10 Å². The van der Waals surface area contributed by atoms with E-state index in [0.29, 0.717) is 0 Å². The summed E-state index contributed by atoms with van der Waals surface area (Å²) in [5.74, 6) is -0.0197. The molecular weight excluding hydrogens is 128 g/mol. The monoisotopic (exact) mass is 138 g/mol. The molecule has 1 rings (SSSR count). The Morgan fingerprint density at radius 3 is 3.10 bits per heavy atom. The van der Waals surface area contributed by atoms with Gasteiger partial charge in [0.15, 0.2) is 0 Å². The maximum atomic E-state index is 11.1. The van der Waals surface area contributed by atoms with Gasteiger partial charge < -0.3 is 0 Å². The Kier molecular flexibility index (Phi) is 1.85. The molecule has 0 saturated heterocycles. The minimum atomic E-state index is -0.0197. The van der Waals surface area contributed by atoms with Crippen LogP contribution in [0.25, 0.3) is 0 Å². The molecule has 0 aromatic carbocycles. The Morgan fingerprint density at radius 1 is 1.70 bits per heavy atom. The minimum Gasteiger partial charge on any atom is -0.268 e. The lowest BCUT2D eigenvalue weighted by Gasteiger charge is -2.07. The molecule has 0 bridgehead atoms. The zero-order chi connectivity index (χ0) is 7.56. The zero-order valence-electron chi connectivity index (χ0n) is 6.16. The fourth-order valence-corrected chi connectivity index (χ4v) is 0.794. The first-order valence-electron chi connectivity index (χ1n) is 3.19. The molecule has 0 radical (unpaired) electrons. The van der Waals surface area contributed by atoms with Gasteiger partial charge in [0.25, 0.3) is 5.91 Å². The molecule has 0 aromatic rings. The molecule has 0 atom stereocenters. The van der Waals surface area contributed by atoms with Crippen LogP contribution in [-0.4, -0.2) is 24.2 Å². The lowest BCUT2D eigenvalue weighted by molar-refractivity contribution is -0.125. The van der Waals surface area contributed by atoms with Crippen LogP contribution in [0.15, 0.2) is 16.8 Å². The van der Waals surface area contributed by atoms with Crippen LogP contribution in [0.2, 0.25) is 0 Å². The quantitative estimate of drug-likeness (QED) is 0.487. The maximum absolute atomic E-state index is 11.1. The molecular formula is C7H10N2O. The van der Waals surface area contributed by atoms with Gasteiger partial charge in [0, 0.05) is 25.3 Å². The third-order valence-electron chi connectivity index (χ3n) is 1.42. The number of carbonyl (C=O) groups is 1. The predicted molar refractivity (Wildman–Crippen MR) is 39.6 cm³/mol. The van der Waals surface area contributed by atoms with Crippen LogP contribution < -0.4 is 0 Å². The van der Waals surface area contributed by atoms with Gasteiger partial charge >= 0.3 is 0 Å². The predicted octanol–water partition coefficient (Wildman–Crippen LogP) is 0.781. The molecule has 3 nitrogen and oxygen atoms in total. The van der Waals surface area contributed by atoms with Crippen molar-refractivity contribution in [2.24, 2.45) is 5.10 Å². The number of nitrogens with zero attached hydrogens (tertiary/aromatic N) is 2. The Labute approximate surface area is 60.0 Å². The van der Waals surface area contributed by atoms with Crippen LogP contribution in [-0.2, 0) is 4.79 Å². The Balaban J connectivity index is 2.85. The van der Waals surface area contributed by atoms with Gasteiger partial charge in [-0.1, -0.05) is 6.08 Å². The highest BCUT2D eigenvalue weighted by Gasteiger charge is 2.09. The van der Waals surface area contributed by atoms with Crippen molar-refractivity contribution in [1.29, 1.82) is 0 Å². The molecule has 1 aliphatic rings. The van der Waals surface area contributed by atoms with Crippen molar-refractivity contribution in [3.63, 3.8) is 0 Å². The van der Waals surface area contributed by atoms with E-state index in [1.165, 1.54) is 5.01 Å². The van der Waals surface area contributed by atoms with E-state index in [-0.39, 0.29) is 5.91 Å². The van der Waals surface area contributed by atoms with Gasteiger partial charge in [-0.05, 0) is 6.92 Å². The van der Waals surface area contributed by atoms with Gasteiger partial charge in [0.1, 0.15) is 0 Å². The van der Waals surface area contributed by atoms with Gasteiger partial charge in [0.2, 0.25) is 0 Å². The van der Waals surface area contributed by atoms with Gasteiger partial charge in [-0.3, -0.25) is 4.79 Å². The van der Waals surface area contributed by atoms with Gasteiger partial charge in [-0.15, -0.1) is 0 Å². The van der Waals surface area contributed by atoms with E-state index in [4.69, 9.17) is 0 Å². The van der Waals surface area contributed by atoms with E-state index in [1.807, 2.05) is 6.08 Å². The fraction of sp³-hybridized carbons (Fsp3) is 0.429. The number of amides is 1. The minimum absolute atomic E-state index is 0.0197. The normalized spacial score (nSPS) is 18.8. The summed E-state index contributed by atoms with van der Waals surface area (Å²) in [6.07, 6.45) is 4.34. The topological polar surface area (TPSA) is 32.7 Å². The summed E-state index contributed by atoms with van der Waals surface area (Å²) >= 11 is 0. The zero-order valence-corrected chi connectivity index (χ0v) is 6.16. The van der Waals surface area contributed by atoms with Gasteiger partial charge in [0.05, 0.1) is 0 Å². The van der Waals surface area contributed by atoms with Crippen molar-refractivity contribution in [3.8, 4) is 0 Å². The van der Waals surface area contributed by atoms with Crippen LogP contribution >= 0.6 is 0 Å². The molecule has 0 aromatic heterocycles. The molecule has 10 heavy (non-hydrogen) atoms. The number of hydrogen-bond acceptors (Lipinski definition) is 2. The Morgan fingerprint density at radius 2 is 2.40 bits per heavy atom. The van der Waals surface area contributed by atoms with Crippen molar-refractivity contribution < 1.29 is 4.79 Å². The summed E-state index contributed by atoms with van der Waals surface area (Å²) in [5.41, 5.74) is 0.764. The number of allylic oxidation sites excluding steroid dienone is 1. The number of hydrogen-bond donors (Lipinski definition) is 0. The summed E-state index contributed by atoms with van der Waals surface area (Å²) in [6.45, 7) is 1.80. The Bertz CT molecular complexity index is 206. The van der Waals surface area contributed by atoms with Gasteiger partial charge in [-0.25, -0.2) is 5.01 Å². The van der Waals surface area contributed by atoms with E-state index in [9.17, 15) is 4.79 Å². The average Bonchev–Trinajstić information content (AvgIpc) is 2.04. The second kappa shape index (κ2) is 2.64. The molecule has 1 amide bonds. The third-order valence-corrected chi connectivity index (χ3v) is 1.42. The summed E-state index contributed by atoms with van der Waals surface area (Å²) in [6, 6.07) is 0. The lowest BCUT2D eigenvalue weighted by Crippen LogP contribution is -2.20. The van der Waals surface area contributed by atoms with Crippen molar-refractivity contribution >= 4 is 12.1 Å². The summed E-state index contributed by atoms with van der Waals surface area (Å²) < 4.78 is 0. The molecule has 0 saturated carbocycles. The van der Waals surface area contributed by atoms with E-state index in [1.54, 1.807) is 20.2 Å². The van der Waals surface area contributed by atoms with E-state index >= 15 is 0 Å². The van der Waals surface area contributed by atoms with Crippen molar-refractivity contribution in [1.82, 2.24) is 5.01 Å². The highest BCUT2D eigenvalue weighted by molar-refractivity contribution is 5.94. The molecule has 1 aliphatic heterocycles. The summed E-state index contributed by atoms with van der Waals surface area (Å²) in [4.78, 5) is 11.1. The van der Waals surface area contributed by atoms with Crippen molar-refractivity contribution in [2.45, 2.75) is 13.3 Å². The molecule has 0 N–H and O–H groups in total. The molecule has 0 fully saturated rings. The van der Waals surface area contributed by atoms with Crippen LogP contribution in [0.1, 0.15) is 13.3 Å². The number of hydrazone groups is 1. The second-order valence-corrected chi connectivity index (χ2v) is 2.25. The SMILES string of the molecule is CC1=CCC=NN(C)C1=O. The molecule has 1 heterocycles. The smallest absolute Gasteiger partial charge is 0.268 e. The van der Waals surface area contributed by atoms with Crippen LogP contribution in [0, 0.1) is 0 Å². The lowest BCUT2D eigenvalue weighted by atomic mass is 10.2. The molecule has 0 spiro atoms.